The third kappa shape index (κ3) is 3.54. The summed E-state index contributed by atoms with van der Waals surface area (Å²) in [7, 11) is 0. The number of carbonyl (C=O) groups is 1. The van der Waals surface area contributed by atoms with Gasteiger partial charge in [0.25, 0.3) is 0 Å². The molecule has 0 aliphatic carbocycles. The molecule has 1 N–H and O–H groups in total. The molecule has 1 aliphatic heterocycles. The molecule has 22 heavy (non-hydrogen) atoms. The quantitative estimate of drug-likeness (QED) is 0.940. The molecule has 1 aromatic carbocycles. The summed E-state index contributed by atoms with van der Waals surface area (Å²) in [6.45, 7) is 2.13. The van der Waals surface area contributed by atoms with Crippen molar-refractivity contribution in [2.45, 2.75) is 18.9 Å². The molecule has 5 heteroatoms. The van der Waals surface area contributed by atoms with Gasteiger partial charge in [-0.1, -0.05) is 12.1 Å². The lowest BCUT2D eigenvalue weighted by Gasteiger charge is -2.36. The van der Waals surface area contributed by atoms with E-state index in [4.69, 9.17) is 0 Å². The molecule has 2 heterocycles. The summed E-state index contributed by atoms with van der Waals surface area (Å²) < 4.78 is 13.5. The third-order valence-electron chi connectivity index (χ3n) is 4.00. The summed E-state index contributed by atoms with van der Waals surface area (Å²) in [4.78, 5) is 14.5. The Bertz CT molecular complexity index is 629. The van der Waals surface area contributed by atoms with Gasteiger partial charge in [-0.2, -0.15) is 11.3 Å². The molecule has 1 amide bonds. The van der Waals surface area contributed by atoms with Crippen molar-refractivity contribution in [1.29, 1.82) is 0 Å². The maximum Gasteiger partial charge on any atom is 0.223 e. The highest BCUT2D eigenvalue weighted by Gasteiger charge is 2.27. The number of piperazine rings is 1. The normalized spacial score (nSPS) is 18.4. The van der Waals surface area contributed by atoms with Crippen LogP contribution in [0, 0.1) is 5.82 Å². The van der Waals surface area contributed by atoms with Crippen molar-refractivity contribution in [3.63, 3.8) is 0 Å². The Kier molecular flexibility index (Phi) is 4.85. The van der Waals surface area contributed by atoms with E-state index in [1.807, 2.05) is 16.3 Å². The van der Waals surface area contributed by atoms with Gasteiger partial charge in [0, 0.05) is 26.1 Å². The number of hydrogen-bond acceptors (Lipinski definition) is 3. The van der Waals surface area contributed by atoms with E-state index < -0.39 is 0 Å². The first-order valence-corrected chi connectivity index (χ1v) is 8.45. The average molecular weight is 318 g/mol. The van der Waals surface area contributed by atoms with E-state index in [9.17, 15) is 9.18 Å². The van der Waals surface area contributed by atoms with E-state index in [1.165, 1.54) is 17.7 Å². The molecule has 1 aromatic heterocycles. The molecule has 1 unspecified atom stereocenters. The van der Waals surface area contributed by atoms with Crippen LogP contribution in [-0.2, 0) is 11.2 Å². The van der Waals surface area contributed by atoms with Crippen molar-refractivity contribution in [3.8, 4) is 0 Å². The zero-order chi connectivity index (χ0) is 15.4. The molecule has 2 aromatic rings. The second-order valence-corrected chi connectivity index (χ2v) is 6.27. The number of rotatable bonds is 4. The number of amides is 1. The number of hydrogen-bond donors (Lipinski definition) is 1. The van der Waals surface area contributed by atoms with Gasteiger partial charge in [0.1, 0.15) is 5.82 Å². The van der Waals surface area contributed by atoms with Crippen LogP contribution in [-0.4, -0.2) is 30.4 Å². The van der Waals surface area contributed by atoms with E-state index in [0.29, 0.717) is 19.5 Å². The largest absolute Gasteiger partial charge is 0.333 e. The number of thiophene rings is 1. The molecule has 0 bridgehead atoms. The van der Waals surface area contributed by atoms with Crippen LogP contribution < -0.4 is 5.32 Å². The van der Waals surface area contributed by atoms with E-state index in [0.717, 1.165) is 18.5 Å². The number of aryl methyl sites for hydroxylation is 1. The molecule has 1 atom stereocenters. The molecule has 1 fully saturated rings. The summed E-state index contributed by atoms with van der Waals surface area (Å²) >= 11 is 1.65. The fourth-order valence-corrected chi connectivity index (χ4v) is 3.55. The Labute approximate surface area is 133 Å². The Morgan fingerprint density at radius 1 is 1.41 bits per heavy atom. The van der Waals surface area contributed by atoms with Gasteiger partial charge in [0.2, 0.25) is 5.91 Å². The smallest absolute Gasteiger partial charge is 0.223 e. The van der Waals surface area contributed by atoms with Gasteiger partial charge in [-0.3, -0.25) is 4.79 Å². The number of nitrogens with zero attached hydrogens (tertiary/aromatic N) is 1. The Morgan fingerprint density at radius 3 is 3.09 bits per heavy atom. The minimum absolute atomic E-state index is 0.0839. The van der Waals surface area contributed by atoms with Crippen molar-refractivity contribution >= 4 is 17.2 Å². The first-order valence-electron chi connectivity index (χ1n) is 7.51. The summed E-state index contributed by atoms with van der Waals surface area (Å²) in [6, 6.07) is 8.52. The lowest BCUT2D eigenvalue weighted by Crippen LogP contribution is -2.48. The van der Waals surface area contributed by atoms with E-state index >= 15 is 0 Å². The van der Waals surface area contributed by atoms with Crippen LogP contribution in [0.3, 0.4) is 0 Å². The van der Waals surface area contributed by atoms with Gasteiger partial charge in [-0.15, -0.1) is 0 Å². The second kappa shape index (κ2) is 7.03. The van der Waals surface area contributed by atoms with Crippen LogP contribution in [0.4, 0.5) is 4.39 Å². The third-order valence-corrected chi connectivity index (χ3v) is 4.74. The summed E-state index contributed by atoms with van der Waals surface area (Å²) in [5.41, 5.74) is 2.06. The zero-order valence-corrected chi connectivity index (χ0v) is 13.1. The molecule has 0 saturated carbocycles. The highest BCUT2D eigenvalue weighted by molar-refractivity contribution is 7.07. The molecule has 116 valence electrons. The Hall–Kier alpha value is -1.72. The number of benzene rings is 1. The van der Waals surface area contributed by atoms with Crippen molar-refractivity contribution in [3.05, 3.63) is 58.0 Å². The van der Waals surface area contributed by atoms with Crippen molar-refractivity contribution < 1.29 is 9.18 Å². The van der Waals surface area contributed by atoms with Crippen LogP contribution in [0.2, 0.25) is 0 Å². The minimum Gasteiger partial charge on any atom is -0.333 e. The highest BCUT2D eigenvalue weighted by atomic mass is 32.1. The van der Waals surface area contributed by atoms with Crippen LogP contribution in [0.1, 0.15) is 23.6 Å². The fourth-order valence-electron chi connectivity index (χ4n) is 2.84. The SMILES string of the molecule is O=C(CCc1ccsc1)N1CCNCC1c1cccc(F)c1. The predicted molar refractivity (Wildman–Crippen MR) is 86.4 cm³/mol. The van der Waals surface area contributed by atoms with Crippen LogP contribution >= 0.6 is 11.3 Å². The minimum atomic E-state index is -0.256. The summed E-state index contributed by atoms with van der Waals surface area (Å²) in [6.07, 6.45) is 1.27. The molecule has 0 spiro atoms. The van der Waals surface area contributed by atoms with E-state index in [-0.39, 0.29) is 17.8 Å². The topological polar surface area (TPSA) is 32.3 Å². The van der Waals surface area contributed by atoms with Gasteiger partial charge in [0.05, 0.1) is 6.04 Å². The molecule has 0 radical (unpaired) electrons. The van der Waals surface area contributed by atoms with Gasteiger partial charge in [-0.25, -0.2) is 4.39 Å². The number of halogens is 1. The van der Waals surface area contributed by atoms with Gasteiger partial charge >= 0.3 is 0 Å². The Balaban J connectivity index is 1.70. The van der Waals surface area contributed by atoms with Gasteiger partial charge in [0.15, 0.2) is 0 Å². The van der Waals surface area contributed by atoms with E-state index in [2.05, 4.69) is 16.8 Å². The lowest BCUT2D eigenvalue weighted by molar-refractivity contribution is -0.134. The van der Waals surface area contributed by atoms with Crippen molar-refractivity contribution in [2.24, 2.45) is 0 Å². The predicted octanol–water partition coefficient (Wildman–Crippen LogP) is 2.99. The molecular formula is C17H19FN2OS. The lowest BCUT2D eigenvalue weighted by atomic mass is 10.0. The molecular weight excluding hydrogens is 299 g/mol. The van der Waals surface area contributed by atoms with E-state index in [1.54, 1.807) is 17.4 Å². The molecule has 3 rings (SSSR count). The van der Waals surface area contributed by atoms with Crippen LogP contribution in [0.15, 0.2) is 41.1 Å². The first-order chi connectivity index (χ1) is 10.7. The monoisotopic (exact) mass is 318 g/mol. The maximum absolute atomic E-state index is 13.5. The second-order valence-electron chi connectivity index (χ2n) is 5.49. The van der Waals surface area contributed by atoms with Gasteiger partial charge < -0.3 is 10.2 Å². The first kappa shape index (κ1) is 15.2. The Morgan fingerprint density at radius 2 is 2.32 bits per heavy atom. The van der Waals surface area contributed by atoms with Crippen molar-refractivity contribution in [2.75, 3.05) is 19.6 Å². The average Bonchev–Trinajstić information content (AvgIpc) is 3.06. The van der Waals surface area contributed by atoms with Crippen LogP contribution in [0.5, 0.6) is 0 Å². The van der Waals surface area contributed by atoms with Crippen molar-refractivity contribution in [1.82, 2.24) is 10.2 Å². The standard InChI is InChI=1S/C17H19FN2OS/c18-15-3-1-2-14(10-15)16-11-19-7-8-20(16)17(21)5-4-13-6-9-22-12-13/h1-3,6,9-10,12,16,19H,4-5,7-8,11H2. The number of carbonyl (C=O) groups excluding carboxylic acids is 1. The fraction of sp³-hybridized carbons (Fsp3) is 0.353. The summed E-state index contributed by atoms with van der Waals surface area (Å²) in [5, 5.41) is 7.40. The molecule has 1 saturated heterocycles. The highest BCUT2D eigenvalue weighted by Crippen LogP contribution is 2.24. The number of nitrogens with one attached hydrogen (secondary N) is 1. The van der Waals surface area contributed by atoms with Crippen LogP contribution in [0.25, 0.3) is 0 Å². The zero-order valence-electron chi connectivity index (χ0n) is 12.3. The molecule has 1 aliphatic rings. The maximum atomic E-state index is 13.5. The molecule has 3 nitrogen and oxygen atoms in total. The summed E-state index contributed by atoms with van der Waals surface area (Å²) in [5.74, 6) is -0.115. The van der Waals surface area contributed by atoms with Gasteiger partial charge in [-0.05, 0) is 46.5 Å².